The Kier molecular flexibility index (Phi) is 5.81. The minimum Gasteiger partial charge on any atom is -0.493 e. The molecule has 0 heterocycles. The zero-order valence-electron chi connectivity index (χ0n) is 11.7. The summed E-state index contributed by atoms with van der Waals surface area (Å²) in [6.45, 7) is 3.38. The Balaban J connectivity index is 1.82. The van der Waals surface area contributed by atoms with Crippen molar-refractivity contribution >= 4 is 12.6 Å². The van der Waals surface area contributed by atoms with E-state index >= 15 is 0 Å². The van der Waals surface area contributed by atoms with Crippen molar-refractivity contribution in [1.82, 2.24) is 0 Å². The van der Waals surface area contributed by atoms with Gasteiger partial charge in [-0.2, -0.15) is 12.6 Å². The lowest BCUT2D eigenvalue weighted by molar-refractivity contribution is 0.272. The summed E-state index contributed by atoms with van der Waals surface area (Å²) in [6.07, 6.45) is 0. The number of hydrogen-bond donors (Lipinski definition) is 1. The molecule has 0 saturated carbocycles. The summed E-state index contributed by atoms with van der Waals surface area (Å²) in [7, 11) is 0. The standard InChI is InChI=1S/C17H20O2S/c1-14(13-20)11-18-16-7-9-17(10-8-16)19-12-15-5-3-2-4-6-15/h2-10,14,20H,11-13H2,1H3. The summed E-state index contributed by atoms with van der Waals surface area (Å²) in [6, 6.07) is 17.9. The topological polar surface area (TPSA) is 18.5 Å². The van der Waals surface area contributed by atoms with E-state index in [9.17, 15) is 0 Å². The highest BCUT2D eigenvalue weighted by atomic mass is 32.1. The van der Waals surface area contributed by atoms with Gasteiger partial charge in [0.25, 0.3) is 0 Å². The lowest BCUT2D eigenvalue weighted by atomic mass is 10.2. The van der Waals surface area contributed by atoms with E-state index in [1.165, 1.54) is 0 Å². The summed E-state index contributed by atoms with van der Waals surface area (Å²) >= 11 is 4.24. The van der Waals surface area contributed by atoms with Crippen LogP contribution in [0.1, 0.15) is 12.5 Å². The molecular formula is C17H20O2S. The van der Waals surface area contributed by atoms with Crippen molar-refractivity contribution in [3.05, 3.63) is 60.2 Å². The first-order valence-corrected chi connectivity index (χ1v) is 7.41. The first-order valence-electron chi connectivity index (χ1n) is 6.78. The van der Waals surface area contributed by atoms with Crippen LogP contribution in [0.4, 0.5) is 0 Å². The number of benzene rings is 2. The van der Waals surface area contributed by atoms with Crippen LogP contribution >= 0.6 is 12.6 Å². The Labute approximate surface area is 126 Å². The van der Waals surface area contributed by atoms with Crippen LogP contribution in [-0.4, -0.2) is 12.4 Å². The molecule has 0 radical (unpaired) electrons. The molecule has 0 aliphatic carbocycles. The molecule has 0 fully saturated rings. The molecular weight excluding hydrogens is 268 g/mol. The lowest BCUT2D eigenvalue weighted by Gasteiger charge is -2.11. The van der Waals surface area contributed by atoms with E-state index in [0.29, 0.717) is 19.1 Å². The zero-order chi connectivity index (χ0) is 14.2. The molecule has 0 aliphatic heterocycles. The summed E-state index contributed by atoms with van der Waals surface area (Å²) in [5.74, 6) is 3.00. The Morgan fingerprint density at radius 1 is 0.900 bits per heavy atom. The maximum absolute atomic E-state index is 5.73. The van der Waals surface area contributed by atoms with Gasteiger partial charge in [-0.15, -0.1) is 0 Å². The van der Waals surface area contributed by atoms with Gasteiger partial charge in [0.2, 0.25) is 0 Å². The summed E-state index contributed by atoms with van der Waals surface area (Å²) in [5, 5.41) is 0. The molecule has 20 heavy (non-hydrogen) atoms. The maximum atomic E-state index is 5.73. The van der Waals surface area contributed by atoms with Crippen LogP contribution in [0.2, 0.25) is 0 Å². The van der Waals surface area contributed by atoms with Crippen molar-refractivity contribution < 1.29 is 9.47 Å². The molecule has 0 spiro atoms. The summed E-state index contributed by atoms with van der Waals surface area (Å²) < 4.78 is 11.4. The van der Waals surface area contributed by atoms with Crippen molar-refractivity contribution in [3.63, 3.8) is 0 Å². The maximum Gasteiger partial charge on any atom is 0.120 e. The highest BCUT2D eigenvalue weighted by Crippen LogP contribution is 2.19. The SMILES string of the molecule is CC(CS)COc1ccc(OCc2ccccc2)cc1. The Bertz CT molecular complexity index is 496. The molecule has 0 N–H and O–H groups in total. The third-order valence-corrected chi connectivity index (χ3v) is 3.54. The van der Waals surface area contributed by atoms with E-state index in [0.717, 1.165) is 22.8 Å². The number of thiol groups is 1. The van der Waals surface area contributed by atoms with Crippen LogP contribution < -0.4 is 9.47 Å². The minimum atomic E-state index is 0.451. The van der Waals surface area contributed by atoms with Gasteiger partial charge in [-0.1, -0.05) is 37.3 Å². The predicted octanol–water partition coefficient (Wildman–Crippen LogP) is 4.21. The first-order chi connectivity index (χ1) is 9.78. The van der Waals surface area contributed by atoms with Gasteiger partial charge in [0.15, 0.2) is 0 Å². The molecule has 0 saturated heterocycles. The molecule has 0 bridgehead atoms. The first kappa shape index (κ1) is 14.8. The molecule has 2 nitrogen and oxygen atoms in total. The second kappa shape index (κ2) is 7.85. The average Bonchev–Trinajstić information content (AvgIpc) is 2.52. The van der Waals surface area contributed by atoms with Gasteiger partial charge >= 0.3 is 0 Å². The highest BCUT2D eigenvalue weighted by Gasteiger charge is 2.01. The Morgan fingerprint density at radius 2 is 1.50 bits per heavy atom. The predicted molar refractivity (Wildman–Crippen MR) is 85.7 cm³/mol. The Hall–Kier alpha value is -1.61. The second-order valence-corrected chi connectivity index (χ2v) is 5.21. The fraction of sp³-hybridized carbons (Fsp3) is 0.294. The van der Waals surface area contributed by atoms with E-state index in [4.69, 9.17) is 9.47 Å². The second-order valence-electron chi connectivity index (χ2n) is 4.84. The molecule has 0 aromatic heterocycles. The molecule has 2 aromatic carbocycles. The van der Waals surface area contributed by atoms with Gasteiger partial charge in [0.05, 0.1) is 6.61 Å². The molecule has 0 aliphatic rings. The van der Waals surface area contributed by atoms with Crippen molar-refractivity contribution in [2.24, 2.45) is 5.92 Å². The van der Waals surface area contributed by atoms with Crippen LogP contribution in [0, 0.1) is 5.92 Å². The van der Waals surface area contributed by atoms with Gasteiger partial charge in [0.1, 0.15) is 18.1 Å². The zero-order valence-corrected chi connectivity index (χ0v) is 12.6. The van der Waals surface area contributed by atoms with Gasteiger partial charge in [-0.25, -0.2) is 0 Å². The fourth-order valence-electron chi connectivity index (χ4n) is 1.66. The monoisotopic (exact) mass is 288 g/mol. The van der Waals surface area contributed by atoms with E-state index in [1.54, 1.807) is 0 Å². The quantitative estimate of drug-likeness (QED) is 0.769. The number of hydrogen-bond acceptors (Lipinski definition) is 3. The third kappa shape index (κ3) is 4.82. The summed E-state index contributed by atoms with van der Waals surface area (Å²) in [5.41, 5.74) is 1.16. The van der Waals surface area contributed by atoms with E-state index in [-0.39, 0.29) is 0 Å². The highest BCUT2D eigenvalue weighted by molar-refractivity contribution is 7.80. The van der Waals surface area contributed by atoms with Crippen LogP contribution in [0.5, 0.6) is 11.5 Å². The van der Waals surface area contributed by atoms with Crippen LogP contribution in [-0.2, 0) is 6.61 Å². The number of ether oxygens (including phenoxy) is 2. The van der Waals surface area contributed by atoms with Crippen molar-refractivity contribution in [2.45, 2.75) is 13.5 Å². The summed E-state index contributed by atoms with van der Waals surface area (Å²) in [4.78, 5) is 0. The van der Waals surface area contributed by atoms with Crippen LogP contribution in [0.15, 0.2) is 54.6 Å². The van der Waals surface area contributed by atoms with E-state index in [2.05, 4.69) is 31.7 Å². The van der Waals surface area contributed by atoms with Gasteiger partial charge < -0.3 is 9.47 Å². The van der Waals surface area contributed by atoms with Crippen LogP contribution in [0.25, 0.3) is 0 Å². The largest absolute Gasteiger partial charge is 0.493 e. The van der Waals surface area contributed by atoms with Crippen molar-refractivity contribution in [2.75, 3.05) is 12.4 Å². The minimum absolute atomic E-state index is 0.451. The molecule has 1 atom stereocenters. The normalized spacial score (nSPS) is 11.9. The fourth-order valence-corrected chi connectivity index (χ4v) is 1.77. The molecule has 3 heteroatoms. The smallest absolute Gasteiger partial charge is 0.120 e. The molecule has 2 aromatic rings. The van der Waals surface area contributed by atoms with Gasteiger partial charge in [-0.3, -0.25) is 0 Å². The molecule has 2 rings (SSSR count). The van der Waals surface area contributed by atoms with Gasteiger partial charge in [0, 0.05) is 0 Å². The van der Waals surface area contributed by atoms with Gasteiger partial charge in [-0.05, 0) is 41.5 Å². The third-order valence-electron chi connectivity index (χ3n) is 2.92. The Morgan fingerprint density at radius 3 is 2.10 bits per heavy atom. The lowest BCUT2D eigenvalue weighted by Crippen LogP contribution is -2.09. The van der Waals surface area contributed by atoms with Crippen molar-refractivity contribution in [1.29, 1.82) is 0 Å². The van der Waals surface area contributed by atoms with Crippen molar-refractivity contribution in [3.8, 4) is 11.5 Å². The molecule has 1 unspecified atom stereocenters. The molecule has 106 valence electrons. The average molecular weight is 288 g/mol. The molecule has 0 amide bonds. The van der Waals surface area contributed by atoms with Crippen LogP contribution in [0.3, 0.4) is 0 Å². The van der Waals surface area contributed by atoms with E-state index < -0.39 is 0 Å². The van der Waals surface area contributed by atoms with E-state index in [1.807, 2.05) is 42.5 Å². The number of rotatable bonds is 7.